The zero-order valence-corrected chi connectivity index (χ0v) is 19.7. The van der Waals surface area contributed by atoms with Crippen molar-refractivity contribution in [1.82, 2.24) is 9.80 Å². The van der Waals surface area contributed by atoms with Crippen LogP contribution in [0.2, 0.25) is 15.1 Å². The van der Waals surface area contributed by atoms with Crippen LogP contribution < -0.4 is 4.74 Å². The number of benzene rings is 3. The van der Waals surface area contributed by atoms with E-state index >= 15 is 0 Å². The van der Waals surface area contributed by atoms with Gasteiger partial charge in [-0.25, -0.2) is 0 Å². The standard InChI is InChI=1S/C25H23Cl3N2O2/c26-20-6-2-7-21(15-20)32-17-18-4-1-5-19(14-18)25(31)30-12-10-29(11-13-30)16-22-23(27)8-3-9-24(22)28/h1-9,14-15H,10-13,16-17H2. The molecule has 0 bridgehead atoms. The molecule has 1 aliphatic heterocycles. The fourth-order valence-electron chi connectivity index (χ4n) is 3.72. The van der Waals surface area contributed by atoms with E-state index in [1.807, 2.05) is 59.5 Å². The van der Waals surface area contributed by atoms with Crippen LogP contribution in [-0.4, -0.2) is 41.9 Å². The summed E-state index contributed by atoms with van der Waals surface area (Å²) in [6.07, 6.45) is 0. The Morgan fingerprint density at radius 3 is 2.25 bits per heavy atom. The lowest BCUT2D eigenvalue weighted by atomic mass is 10.1. The third kappa shape index (κ3) is 5.76. The Bertz CT molecular complexity index is 1080. The number of carbonyl (C=O) groups is 1. The van der Waals surface area contributed by atoms with E-state index < -0.39 is 0 Å². The van der Waals surface area contributed by atoms with Crippen LogP contribution in [0.4, 0.5) is 0 Å². The highest BCUT2D eigenvalue weighted by atomic mass is 35.5. The molecule has 0 radical (unpaired) electrons. The summed E-state index contributed by atoms with van der Waals surface area (Å²) in [5.41, 5.74) is 2.53. The van der Waals surface area contributed by atoms with Gasteiger partial charge in [-0.1, -0.05) is 59.1 Å². The van der Waals surface area contributed by atoms with E-state index in [1.54, 1.807) is 12.1 Å². The van der Waals surface area contributed by atoms with Gasteiger partial charge in [0.15, 0.2) is 0 Å². The van der Waals surface area contributed by atoms with Gasteiger partial charge < -0.3 is 9.64 Å². The van der Waals surface area contributed by atoms with E-state index in [1.165, 1.54) is 0 Å². The molecule has 0 unspecified atom stereocenters. The van der Waals surface area contributed by atoms with Crippen molar-refractivity contribution in [3.05, 3.63) is 98.5 Å². The van der Waals surface area contributed by atoms with Crippen molar-refractivity contribution in [3.8, 4) is 5.75 Å². The maximum absolute atomic E-state index is 13.1. The molecule has 7 heteroatoms. The molecule has 1 saturated heterocycles. The summed E-state index contributed by atoms with van der Waals surface area (Å²) in [5, 5.41) is 1.98. The highest BCUT2D eigenvalue weighted by Crippen LogP contribution is 2.26. The first-order valence-corrected chi connectivity index (χ1v) is 11.5. The first kappa shape index (κ1) is 22.9. The minimum absolute atomic E-state index is 0.0324. The van der Waals surface area contributed by atoms with Crippen molar-refractivity contribution in [2.24, 2.45) is 0 Å². The number of rotatable bonds is 6. The van der Waals surface area contributed by atoms with Crippen molar-refractivity contribution >= 4 is 40.7 Å². The molecule has 0 aromatic heterocycles. The Morgan fingerprint density at radius 1 is 0.844 bits per heavy atom. The summed E-state index contributed by atoms with van der Waals surface area (Å²) < 4.78 is 5.81. The molecule has 1 fully saturated rings. The molecule has 1 heterocycles. The summed E-state index contributed by atoms with van der Waals surface area (Å²) in [6, 6.07) is 20.4. The zero-order chi connectivity index (χ0) is 22.5. The summed E-state index contributed by atoms with van der Waals surface area (Å²) in [6.45, 7) is 3.90. The van der Waals surface area contributed by atoms with Crippen molar-refractivity contribution in [3.63, 3.8) is 0 Å². The van der Waals surface area contributed by atoms with Gasteiger partial charge in [0, 0.05) is 58.9 Å². The number of piperazine rings is 1. The van der Waals surface area contributed by atoms with Crippen LogP contribution in [0.15, 0.2) is 66.7 Å². The van der Waals surface area contributed by atoms with E-state index in [-0.39, 0.29) is 5.91 Å². The second-order valence-electron chi connectivity index (χ2n) is 7.71. The zero-order valence-electron chi connectivity index (χ0n) is 17.4. The molecule has 4 rings (SSSR count). The van der Waals surface area contributed by atoms with Crippen molar-refractivity contribution in [2.75, 3.05) is 26.2 Å². The normalized spacial score (nSPS) is 14.4. The number of hydrogen-bond donors (Lipinski definition) is 0. The second kappa shape index (κ2) is 10.6. The molecule has 0 atom stereocenters. The Balaban J connectivity index is 1.33. The summed E-state index contributed by atoms with van der Waals surface area (Å²) in [7, 11) is 0. The minimum Gasteiger partial charge on any atom is -0.489 e. The number of amides is 1. The van der Waals surface area contributed by atoms with Crippen LogP contribution in [0.1, 0.15) is 21.5 Å². The van der Waals surface area contributed by atoms with Crippen LogP contribution in [0.5, 0.6) is 5.75 Å². The number of hydrogen-bond acceptors (Lipinski definition) is 3. The van der Waals surface area contributed by atoms with Crippen LogP contribution in [-0.2, 0) is 13.2 Å². The van der Waals surface area contributed by atoms with Crippen molar-refractivity contribution < 1.29 is 9.53 Å². The second-order valence-corrected chi connectivity index (χ2v) is 8.97. The lowest BCUT2D eigenvalue weighted by molar-refractivity contribution is 0.0628. The van der Waals surface area contributed by atoms with E-state index in [0.717, 1.165) is 24.2 Å². The molecule has 0 N–H and O–H groups in total. The molecule has 0 spiro atoms. The molecule has 0 saturated carbocycles. The monoisotopic (exact) mass is 488 g/mol. The van der Waals surface area contributed by atoms with E-state index in [4.69, 9.17) is 39.5 Å². The number of halogens is 3. The van der Waals surface area contributed by atoms with Gasteiger partial charge in [-0.15, -0.1) is 0 Å². The third-order valence-electron chi connectivity index (χ3n) is 5.48. The third-order valence-corrected chi connectivity index (χ3v) is 6.42. The molecule has 3 aromatic carbocycles. The molecule has 4 nitrogen and oxygen atoms in total. The van der Waals surface area contributed by atoms with Gasteiger partial charge in [-0.3, -0.25) is 9.69 Å². The molecule has 3 aromatic rings. The maximum atomic E-state index is 13.1. The Hall–Kier alpha value is -2.24. The van der Waals surface area contributed by atoms with Crippen molar-refractivity contribution in [1.29, 1.82) is 0 Å². The van der Waals surface area contributed by atoms with Gasteiger partial charge in [-0.05, 0) is 48.0 Å². The van der Waals surface area contributed by atoms with Crippen LogP contribution in [0.3, 0.4) is 0 Å². The van der Waals surface area contributed by atoms with Crippen molar-refractivity contribution in [2.45, 2.75) is 13.2 Å². The summed E-state index contributed by atoms with van der Waals surface area (Å²) in [5.74, 6) is 0.731. The predicted octanol–water partition coefficient (Wildman–Crippen LogP) is 6.18. The summed E-state index contributed by atoms with van der Waals surface area (Å²) in [4.78, 5) is 17.2. The van der Waals surface area contributed by atoms with Crippen LogP contribution in [0, 0.1) is 0 Å². The van der Waals surface area contributed by atoms with Crippen LogP contribution >= 0.6 is 34.8 Å². The van der Waals surface area contributed by atoms with Gasteiger partial charge in [-0.2, -0.15) is 0 Å². The molecule has 32 heavy (non-hydrogen) atoms. The minimum atomic E-state index is 0.0324. The Morgan fingerprint density at radius 2 is 1.53 bits per heavy atom. The largest absolute Gasteiger partial charge is 0.489 e. The maximum Gasteiger partial charge on any atom is 0.253 e. The fraction of sp³-hybridized carbons (Fsp3) is 0.240. The number of carbonyl (C=O) groups excluding carboxylic acids is 1. The molecule has 166 valence electrons. The highest BCUT2D eigenvalue weighted by Gasteiger charge is 2.23. The van der Waals surface area contributed by atoms with Gasteiger partial charge in [0.1, 0.15) is 12.4 Å². The predicted molar refractivity (Wildman–Crippen MR) is 130 cm³/mol. The Kier molecular flexibility index (Phi) is 7.59. The van der Waals surface area contributed by atoms with Gasteiger partial charge in [0.05, 0.1) is 0 Å². The number of ether oxygens (including phenoxy) is 1. The lowest BCUT2D eigenvalue weighted by Gasteiger charge is -2.35. The molecular weight excluding hydrogens is 467 g/mol. The van der Waals surface area contributed by atoms with Gasteiger partial charge >= 0.3 is 0 Å². The van der Waals surface area contributed by atoms with Gasteiger partial charge in [0.25, 0.3) is 5.91 Å². The average molecular weight is 490 g/mol. The lowest BCUT2D eigenvalue weighted by Crippen LogP contribution is -2.48. The fourth-order valence-corrected chi connectivity index (χ4v) is 4.41. The van der Waals surface area contributed by atoms with E-state index in [2.05, 4.69) is 4.90 Å². The SMILES string of the molecule is O=C(c1cccc(COc2cccc(Cl)c2)c1)N1CCN(Cc2c(Cl)cccc2Cl)CC1. The number of nitrogens with zero attached hydrogens (tertiary/aromatic N) is 2. The van der Waals surface area contributed by atoms with E-state index in [9.17, 15) is 4.79 Å². The van der Waals surface area contributed by atoms with Crippen LogP contribution in [0.25, 0.3) is 0 Å². The molecule has 1 aliphatic rings. The topological polar surface area (TPSA) is 32.8 Å². The molecular formula is C25H23Cl3N2O2. The summed E-state index contributed by atoms with van der Waals surface area (Å²) >= 11 is 18.6. The first-order valence-electron chi connectivity index (χ1n) is 10.4. The molecule has 1 amide bonds. The van der Waals surface area contributed by atoms with Gasteiger partial charge in [0.2, 0.25) is 0 Å². The quantitative estimate of drug-likeness (QED) is 0.414. The first-order chi connectivity index (χ1) is 15.5. The highest BCUT2D eigenvalue weighted by molar-refractivity contribution is 6.36. The average Bonchev–Trinajstić information content (AvgIpc) is 2.80. The molecule has 0 aliphatic carbocycles. The smallest absolute Gasteiger partial charge is 0.253 e. The Labute approximate surface area is 203 Å². The van der Waals surface area contributed by atoms with E-state index in [0.29, 0.717) is 52.6 Å².